The molecule has 0 aromatic rings. The number of nitrogens with one attached hydrogen (secondary N) is 2. The molecule has 0 spiro atoms. The fourth-order valence-corrected chi connectivity index (χ4v) is 3.50. The summed E-state index contributed by atoms with van der Waals surface area (Å²) in [7, 11) is -3.40. The molecule has 2 N–H and O–H groups in total. The van der Waals surface area contributed by atoms with Crippen LogP contribution < -0.4 is 10.0 Å². The zero-order chi connectivity index (χ0) is 11.8. The van der Waals surface area contributed by atoms with Crippen LogP contribution in [-0.4, -0.2) is 32.7 Å². The van der Waals surface area contributed by atoms with Crippen molar-refractivity contribution in [3.63, 3.8) is 0 Å². The molecular formula is C10H18N2O3S. The van der Waals surface area contributed by atoms with E-state index >= 15 is 0 Å². The van der Waals surface area contributed by atoms with Gasteiger partial charge in [0.15, 0.2) is 0 Å². The molecule has 1 unspecified atom stereocenters. The predicted octanol–water partition coefficient (Wildman–Crippen LogP) is -0.0155. The highest BCUT2D eigenvalue weighted by Gasteiger charge is 2.44. The zero-order valence-corrected chi connectivity index (χ0v) is 10.3. The molecule has 5 nitrogen and oxygen atoms in total. The normalized spacial score (nSPS) is 30.3. The van der Waals surface area contributed by atoms with Gasteiger partial charge in [-0.15, -0.1) is 0 Å². The molecule has 1 saturated carbocycles. The van der Waals surface area contributed by atoms with Crippen LogP contribution in [0.5, 0.6) is 0 Å². The fraction of sp³-hybridized carbons (Fsp3) is 0.900. The lowest BCUT2D eigenvalue weighted by Crippen LogP contribution is -2.45. The zero-order valence-electron chi connectivity index (χ0n) is 9.45. The van der Waals surface area contributed by atoms with Crippen molar-refractivity contribution < 1.29 is 13.2 Å². The van der Waals surface area contributed by atoms with E-state index in [9.17, 15) is 13.2 Å². The Labute approximate surface area is 96.0 Å². The van der Waals surface area contributed by atoms with Crippen LogP contribution in [-0.2, 0) is 14.8 Å². The topological polar surface area (TPSA) is 75.3 Å². The van der Waals surface area contributed by atoms with Crippen LogP contribution in [0.1, 0.15) is 32.6 Å². The van der Waals surface area contributed by atoms with Gasteiger partial charge in [0.05, 0.1) is 10.7 Å². The third kappa shape index (κ3) is 2.08. The van der Waals surface area contributed by atoms with Gasteiger partial charge in [-0.25, -0.2) is 8.42 Å². The fourth-order valence-electron chi connectivity index (χ4n) is 2.10. The van der Waals surface area contributed by atoms with Crippen molar-refractivity contribution in [3.8, 4) is 0 Å². The van der Waals surface area contributed by atoms with E-state index in [-0.39, 0.29) is 11.2 Å². The number of hydrogen-bond acceptors (Lipinski definition) is 4. The summed E-state index contributed by atoms with van der Waals surface area (Å²) in [6, 6.07) is 0. The molecule has 0 radical (unpaired) electrons. The highest BCUT2D eigenvalue weighted by Crippen LogP contribution is 2.32. The molecule has 92 valence electrons. The van der Waals surface area contributed by atoms with Crippen LogP contribution in [0.25, 0.3) is 0 Å². The molecule has 2 rings (SSSR count). The summed E-state index contributed by atoms with van der Waals surface area (Å²) in [5, 5.41) is 2.79. The molecule has 2 fully saturated rings. The molecule has 1 amide bonds. The Morgan fingerprint density at radius 3 is 2.62 bits per heavy atom. The lowest BCUT2D eigenvalue weighted by atomic mass is 9.84. The molecule has 2 aliphatic rings. The standard InChI is InChI=1S/C10H18N2O3S/c1-2-10(5-6-11-7-10)9(13)12-16(14,15)8-3-4-8/h8,11H,2-7H2,1H3,(H,12,13). The first-order chi connectivity index (χ1) is 7.50. The summed E-state index contributed by atoms with van der Waals surface area (Å²) < 4.78 is 25.6. The highest BCUT2D eigenvalue weighted by atomic mass is 32.2. The van der Waals surface area contributed by atoms with Crippen molar-refractivity contribution in [2.45, 2.75) is 37.9 Å². The maximum absolute atomic E-state index is 12.0. The largest absolute Gasteiger partial charge is 0.316 e. The van der Waals surface area contributed by atoms with Crippen LogP contribution in [0.15, 0.2) is 0 Å². The summed E-state index contributed by atoms with van der Waals surface area (Å²) in [5.41, 5.74) is -0.526. The van der Waals surface area contributed by atoms with Gasteiger partial charge in [-0.05, 0) is 32.2 Å². The molecule has 0 bridgehead atoms. The molecule has 1 heterocycles. The molecule has 0 aromatic heterocycles. The molecule has 1 aliphatic heterocycles. The Kier molecular flexibility index (Phi) is 2.96. The van der Waals surface area contributed by atoms with Crippen molar-refractivity contribution in [3.05, 3.63) is 0 Å². The Balaban J connectivity index is 2.06. The van der Waals surface area contributed by atoms with Gasteiger partial charge < -0.3 is 5.32 Å². The second-order valence-corrected chi connectivity index (χ2v) is 6.70. The van der Waals surface area contributed by atoms with Gasteiger partial charge in [-0.3, -0.25) is 9.52 Å². The number of carbonyl (C=O) groups excluding carboxylic acids is 1. The third-order valence-electron chi connectivity index (χ3n) is 3.60. The number of amides is 1. The Morgan fingerprint density at radius 1 is 1.50 bits per heavy atom. The summed E-state index contributed by atoms with van der Waals surface area (Å²) in [4.78, 5) is 12.0. The minimum atomic E-state index is -3.40. The Hall–Kier alpha value is -0.620. The monoisotopic (exact) mass is 246 g/mol. The van der Waals surface area contributed by atoms with Gasteiger partial charge in [0.25, 0.3) is 0 Å². The molecular weight excluding hydrogens is 228 g/mol. The van der Waals surface area contributed by atoms with E-state index in [1.807, 2.05) is 6.92 Å². The maximum atomic E-state index is 12.0. The van der Waals surface area contributed by atoms with E-state index in [1.54, 1.807) is 0 Å². The average Bonchev–Trinajstić information content (AvgIpc) is 2.97. The highest BCUT2D eigenvalue weighted by molar-refractivity contribution is 7.90. The summed E-state index contributed by atoms with van der Waals surface area (Å²) in [5.74, 6) is -0.327. The summed E-state index contributed by atoms with van der Waals surface area (Å²) >= 11 is 0. The van der Waals surface area contributed by atoms with Crippen LogP contribution >= 0.6 is 0 Å². The molecule has 0 aromatic carbocycles. The molecule has 1 atom stereocenters. The quantitative estimate of drug-likeness (QED) is 0.731. The van der Waals surface area contributed by atoms with Gasteiger partial charge >= 0.3 is 0 Å². The molecule has 16 heavy (non-hydrogen) atoms. The third-order valence-corrected chi connectivity index (χ3v) is 5.42. The Morgan fingerprint density at radius 2 is 2.19 bits per heavy atom. The number of rotatable bonds is 4. The van der Waals surface area contributed by atoms with Gasteiger partial charge in [0.1, 0.15) is 0 Å². The number of sulfonamides is 1. The van der Waals surface area contributed by atoms with E-state index < -0.39 is 15.4 Å². The van der Waals surface area contributed by atoms with Crippen molar-refractivity contribution in [1.29, 1.82) is 0 Å². The maximum Gasteiger partial charge on any atom is 0.240 e. The van der Waals surface area contributed by atoms with Gasteiger partial charge in [0, 0.05) is 6.54 Å². The minimum absolute atomic E-state index is 0.327. The van der Waals surface area contributed by atoms with Crippen molar-refractivity contribution in [2.24, 2.45) is 5.41 Å². The Bertz CT molecular complexity index is 381. The van der Waals surface area contributed by atoms with Crippen LogP contribution in [0.3, 0.4) is 0 Å². The average molecular weight is 246 g/mol. The molecule has 1 aliphatic carbocycles. The number of hydrogen-bond donors (Lipinski definition) is 2. The van der Waals surface area contributed by atoms with Crippen molar-refractivity contribution in [1.82, 2.24) is 10.0 Å². The van der Waals surface area contributed by atoms with Gasteiger partial charge in [0.2, 0.25) is 15.9 Å². The van der Waals surface area contributed by atoms with E-state index in [1.165, 1.54) is 0 Å². The van der Waals surface area contributed by atoms with Crippen LogP contribution in [0.4, 0.5) is 0 Å². The predicted molar refractivity (Wildman–Crippen MR) is 60.3 cm³/mol. The van der Waals surface area contributed by atoms with Crippen LogP contribution in [0, 0.1) is 5.41 Å². The second-order valence-electron chi connectivity index (χ2n) is 4.74. The summed E-state index contributed by atoms with van der Waals surface area (Å²) in [6.07, 6.45) is 2.75. The van der Waals surface area contributed by atoms with E-state index in [2.05, 4.69) is 10.0 Å². The lowest BCUT2D eigenvalue weighted by Gasteiger charge is -2.24. The van der Waals surface area contributed by atoms with E-state index in [4.69, 9.17) is 0 Å². The summed E-state index contributed by atoms with van der Waals surface area (Å²) in [6.45, 7) is 3.29. The SMILES string of the molecule is CCC1(C(=O)NS(=O)(=O)C2CC2)CCNC1. The lowest BCUT2D eigenvalue weighted by molar-refractivity contribution is -0.128. The second kappa shape index (κ2) is 4.00. The van der Waals surface area contributed by atoms with Crippen LogP contribution in [0.2, 0.25) is 0 Å². The first-order valence-corrected chi connectivity index (χ1v) is 7.31. The van der Waals surface area contributed by atoms with Crippen molar-refractivity contribution >= 4 is 15.9 Å². The van der Waals surface area contributed by atoms with Crippen molar-refractivity contribution in [2.75, 3.05) is 13.1 Å². The molecule has 6 heteroatoms. The van der Waals surface area contributed by atoms with E-state index in [0.717, 1.165) is 13.0 Å². The molecule has 1 saturated heterocycles. The first-order valence-electron chi connectivity index (χ1n) is 5.77. The first kappa shape index (κ1) is 11.9. The van der Waals surface area contributed by atoms with Gasteiger partial charge in [-0.1, -0.05) is 6.92 Å². The number of carbonyl (C=O) groups is 1. The van der Waals surface area contributed by atoms with E-state index in [0.29, 0.717) is 25.8 Å². The smallest absolute Gasteiger partial charge is 0.240 e. The minimum Gasteiger partial charge on any atom is -0.316 e. The van der Waals surface area contributed by atoms with Gasteiger partial charge in [-0.2, -0.15) is 0 Å².